The zero-order chi connectivity index (χ0) is 18.0. The molecule has 5 heteroatoms. The second-order valence-corrected chi connectivity index (χ2v) is 6.93. The maximum absolute atomic E-state index is 12.7. The Morgan fingerprint density at radius 3 is 1.48 bits per heavy atom. The van der Waals surface area contributed by atoms with Crippen LogP contribution in [0.4, 0.5) is 0 Å². The van der Waals surface area contributed by atoms with Gasteiger partial charge in [0.2, 0.25) is 5.79 Å². The van der Waals surface area contributed by atoms with Crippen LogP contribution in [0.5, 0.6) is 0 Å². The first-order chi connectivity index (χ1) is 11.8. The second kappa shape index (κ2) is 6.95. The summed E-state index contributed by atoms with van der Waals surface area (Å²) in [7, 11) is 0. The van der Waals surface area contributed by atoms with Crippen LogP contribution in [0.3, 0.4) is 0 Å². The van der Waals surface area contributed by atoms with E-state index in [1.54, 1.807) is 50.3 Å². The quantitative estimate of drug-likeness (QED) is 0.629. The number of carbonyl (C=O) groups excluding carboxylic acids is 1. The van der Waals surface area contributed by atoms with Crippen molar-refractivity contribution in [1.82, 2.24) is 0 Å². The van der Waals surface area contributed by atoms with Crippen molar-refractivity contribution in [2.75, 3.05) is 0 Å². The van der Waals surface area contributed by atoms with Crippen LogP contribution in [0.15, 0.2) is 60.0 Å². The van der Waals surface area contributed by atoms with Crippen molar-refractivity contribution < 1.29 is 14.3 Å². The van der Waals surface area contributed by atoms with Gasteiger partial charge >= 0.3 is 0 Å². The van der Waals surface area contributed by atoms with Crippen LogP contribution in [0.25, 0.3) is 12.2 Å². The van der Waals surface area contributed by atoms with E-state index in [0.717, 1.165) is 11.1 Å². The number of rotatable bonds is 2. The molecule has 25 heavy (non-hydrogen) atoms. The minimum absolute atomic E-state index is 0.221. The van der Waals surface area contributed by atoms with Crippen molar-refractivity contribution in [3.8, 4) is 0 Å². The predicted octanol–water partition coefficient (Wildman–Crippen LogP) is 5.73. The van der Waals surface area contributed by atoms with Gasteiger partial charge in [-0.15, -0.1) is 0 Å². The van der Waals surface area contributed by atoms with E-state index in [0.29, 0.717) is 10.0 Å². The normalized spacial score (nSPS) is 19.6. The molecule has 0 amide bonds. The summed E-state index contributed by atoms with van der Waals surface area (Å²) in [6.07, 6.45) is 3.36. The molecule has 128 valence electrons. The van der Waals surface area contributed by atoms with Crippen molar-refractivity contribution in [2.45, 2.75) is 19.6 Å². The number of ketones is 1. The van der Waals surface area contributed by atoms with Gasteiger partial charge in [-0.25, -0.2) is 0 Å². The van der Waals surface area contributed by atoms with E-state index in [1.807, 2.05) is 24.3 Å². The SMILES string of the molecule is CC1(C)O/C(=C\c2ccc(Cl)cc2)C(=O)/C(=C/c2ccc(Cl)cc2)O1. The third-order valence-electron chi connectivity index (χ3n) is 3.49. The molecule has 0 bridgehead atoms. The van der Waals surface area contributed by atoms with Crippen LogP contribution in [0.2, 0.25) is 10.0 Å². The van der Waals surface area contributed by atoms with Crippen molar-refractivity contribution in [3.05, 3.63) is 81.2 Å². The summed E-state index contributed by atoms with van der Waals surface area (Å²) < 4.78 is 11.4. The summed E-state index contributed by atoms with van der Waals surface area (Å²) in [6, 6.07) is 14.3. The number of Topliss-reactive ketones (excluding diaryl/α,β-unsaturated/α-hetero) is 1. The Balaban J connectivity index is 1.96. The lowest BCUT2D eigenvalue weighted by atomic mass is 10.1. The number of benzene rings is 2. The van der Waals surface area contributed by atoms with Gasteiger partial charge < -0.3 is 9.47 Å². The molecule has 0 aromatic heterocycles. The fourth-order valence-electron chi connectivity index (χ4n) is 2.38. The van der Waals surface area contributed by atoms with Crippen LogP contribution >= 0.6 is 23.2 Å². The molecule has 1 aliphatic rings. The van der Waals surface area contributed by atoms with Gasteiger partial charge in [0, 0.05) is 23.9 Å². The lowest BCUT2D eigenvalue weighted by Gasteiger charge is -2.33. The van der Waals surface area contributed by atoms with Crippen LogP contribution in [-0.4, -0.2) is 11.6 Å². The van der Waals surface area contributed by atoms with Crippen LogP contribution in [0, 0.1) is 0 Å². The van der Waals surface area contributed by atoms with Crippen LogP contribution < -0.4 is 0 Å². The molecule has 2 aromatic rings. The summed E-state index contributed by atoms with van der Waals surface area (Å²) in [5.74, 6) is -0.827. The first-order valence-electron chi connectivity index (χ1n) is 7.70. The minimum Gasteiger partial charge on any atom is -0.449 e. The van der Waals surface area contributed by atoms with Crippen molar-refractivity contribution in [2.24, 2.45) is 0 Å². The highest BCUT2D eigenvalue weighted by atomic mass is 35.5. The molecule has 0 aliphatic carbocycles. The van der Waals surface area contributed by atoms with Crippen molar-refractivity contribution in [3.63, 3.8) is 0 Å². The fourth-order valence-corrected chi connectivity index (χ4v) is 2.63. The molecule has 0 saturated carbocycles. The van der Waals surface area contributed by atoms with E-state index in [4.69, 9.17) is 32.7 Å². The monoisotopic (exact) mass is 374 g/mol. The van der Waals surface area contributed by atoms with E-state index in [-0.39, 0.29) is 17.3 Å². The van der Waals surface area contributed by atoms with E-state index in [1.165, 1.54) is 0 Å². The number of carbonyl (C=O) groups is 1. The van der Waals surface area contributed by atoms with Crippen LogP contribution in [-0.2, 0) is 14.3 Å². The Hall–Kier alpha value is -2.23. The number of halogens is 2. The number of hydrogen-bond donors (Lipinski definition) is 0. The van der Waals surface area contributed by atoms with Crippen LogP contribution in [0.1, 0.15) is 25.0 Å². The molecular formula is C20H16Cl2O3. The maximum atomic E-state index is 12.7. The maximum Gasteiger partial charge on any atom is 0.262 e. The lowest BCUT2D eigenvalue weighted by Crippen LogP contribution is -2.36. The average molecular weight is 375 g/mol. The smallest absolute Gasteiger partial charge is 0.262 e. The van der Waals surface area contributed by atoms with Gasteiger partial charge in [0.25, 0.3) is 5.78 Å². The highest BCUT2D eigenvalue weighted by molar-refractivity contribution is 6.30. The van der Waals surface area contributed by atoms with Gasteiger partial charge in [-0.1, -0.05) is 47.5 Å². The molecule has 0 atom stereocenters. The lowest BCUT2D eigenvalue weighted by molar-refractivity contribution is -0.189. The molecular weight excluding hydrogens is 359 g/mol. The van der Waals surface area contributed by atoms with E-state index in [2.05, 4.69) is 0 Å². The van der Waals surface area contributed by atoms with Crippen molar-refractivity contribution in [1.29, 1.82) is 0 Å². The van der Waals surface area contributed by atoms with Gasteiger partial charge in [0.05, 0.1) is 0 Å². The summed E-state index contributed by atoms with van der Waals surface area (Å²) in [4.78, 5) is 12.7. The van der Waals surface area contributed by atoms with Gasteiger partial charge in [-0.3, -0.25) is 4.79 Å². The first kappa shape index (κ1) is 17.6. The average Bonchev–Trinajstić information content (AvgIpc) is 2.55. The summed E-state index contributed by atoms with van der Waals surface area (Å²) in [6.45, 7) is 3.51. The summed E-state index contributed by atoms with van der Waals surface area (Å²) in [5.41, 5.74) is 1.63. The first-order valence-corrected chi connectivity index (χ1v) is 8.45. The second-order valence-electron chi connectivity index (χ2n) is 6.05. The van der Waals surface area contributed by atoms with Gasteiger partial charge in [0.1, 0.15) is 0 Å². The molecule has 0 spiro atoms. The van der Waals surface area contributed by atoms with Gasteiger partial charge in [-0.2, -0.15) is 0 Å². The molecule has 0 N–H and O–H groups in total. The van der Waals surface area contributed by atoms with Crippen molar-refractivity contribution >= 4 is 41.1 Å². The Kier molecular flexibility index (Phi) is 4.89. The predicted molar refractivity (Wildman–Crippen MR) is 100 cm³/mol. The fraction of sp³-hybridized carbons (Fsp3) is 0.150. The Bertz CT molecular complexity index is 778. The molecule has 0 unspecified atom stereocenters. The van der Waals surface area contributed by atoms with Gasteiger partial charge in [0.15, 0.2) is 11.5 Å². The number of hydrogen-bond acceptors (Lipinski definition) is 3. The molecule has 1 heterocycles. The third-order valence-corrected chi connectivity index (χ3v) is 4.00. The molecule has 3 nitrogen and oxygen atoms in total. The molecule has 1 fully saturated rings. The van der Waals surface area contributed by atoms with E-state index >= 15 is 0 Å². The van der Waals surface area contributed by atoms with Gasteiger partial charge in [-0.05, 0) is 47.5 Å². The molecule has 3 rings (SSSR count). The summed E-state index contributed by atoms with van der Waals surface area (Å²) in [5, 5.41) is 1.26. The highest BCUT2D eigenvalue weighted by Crippen LogP contribution is 2.31. The highest BCUT2D eigenvalue weighted by Gasteiger charge is 2.36. The Morgan fingerprint density at radius 2 is 1.12 bits per heavy atom. The Labute approximate surface area is 156 Å². The minimum atomic E-state index is -0.954. The van der Waals surface area contributed by atoms with E-state index < -0.39 is 5.79 Å². The zero-order valence-corrected chi connectivity index (χ0v) is 15.3. The summed E-state index contributed by atoms with van der Waals surface area (Å²) >= 11 is 11.8. The number of ether oxygens (including phenoxy) is 2. The Morgan fingerprint density at radius 1 is 0.760 bits per heavy atom. The topological polar surface area (TPSA) is 35.5 Å². The largest absolute Gasteiger partial charge is 0.449 e. The van der Waals surface area contributed by atoms with E-state index in [9.17, 15) is 4.79 Å². The third kappa shape index (κ3) is 4.44. The standard InChI is InChI=1S/C20H16Cl2O3/c1-20(2)24-17(11-13-3-7-15(21)8-4-13)19(23)18(25-20)12-14-5-9-16(22)10-6-14/h3-12H,1-2H3/b17-11-,18-12-. The molecule has 0 radical (unpaired) electrons. The zero-order valence-electron chi connectivity index (χ0n) is 13.8. The molecule has 1 saturated heterocycles. The molecule has 1 aliphatic heterocycles. The molecule has 2 aromatic carbocycles.